The highest BCUT2D eigenvalue weighted by Crippen LogP contribution is 2.23. The number of rotatable bonds is 3. The molecule has 2 N–H and O–H groups in total. The fourth-order valence-electron chi connectivity index (χ4n) is 3.58. The van der Waals surface area contributed by atoms with E-state index in [-0.39, 0.29) is 24.4 Å². The Bertz CT molecular complexity index is 614. The van der Waals surface area contributed by atoms with Gasteiger partial charge in [-0.05, 0) is 42.4 Å². The number of aliphatic hydroxyl groups excluding tert-OH is 1. The highest BCUT2D eigenvalue weighted by Gasteiger charge is 2.34. The second kappa shape index (κ2) is 6.71. The summed E-state index contributed by atoms with van der Waals surface area (Å²) in [6.45, 7) is 2.09. The van der Waals surface area contributed by atoms with E-state index in [1.807, 2.05) is 6.07 Å². The van der Waals surface area contributed by atoms with E-state index in [2.05, 4.69) is 17.4 Å². The van der Waals surface area contributed by atoms with Crippen LogP contribution in [0.4, 0.5) is 0 Å². The smallest absolute Gasteiger partial charge is 0.227 e. The summed E-state index contributed by atoms with van der Waals surface area (Å²) in [7, 11) is 0. The van der Waals surface area contributed by atoms with Crippen LogP contribution in [-0.2, 0) is 28.9 Å². The zero-order valence-corrected chi connectivity index (χ0v) is 13.5. The van der Waals surface area contributed by atoms with Crippen LogP contribution in [0, 0.1) is 0 Å². The lowest BCUT2D eigenvalue weighted by atomic mass is 9.90. The summed E-state index contributed by atoms with van der Waals surface area (Å²) in [6.07, 6.45) is 4.38. The fraction of sp³-hybridized carbons (Fsp3) is 0.556. The molecule has 1 saturated heterocycles. The molecule has 124 valence electrons. The Morgan fingerprint density at radius 2 is 1.96 bits per heavy atom. The Balaban J connectivity index is 1.62. The van der Waals surface area contributed by atoms with Gasteiger partial charge in [-0.15, -0.1) is 0 Å². The summed E-state index contributed by atoms with van der Waals surface area (Å²) in [5.74, 6) is -0.175. The highest BCUT2D eigenvalue weighted by molar-refractivity contribution is 5.79. The van der Waals surface area contributed by atoms with E-state index in [9.17, 15) is 14.7 Å². The molecule has 23 heavy (non-hydrogen) atoms. The van der Waals surface area contributed by atoms with Crippen LogP contribution >= 0.6 is 0 Å². The van der Waals surface area contributed by atoms with E-state index >= 15 is 0 Å². The molecular formula is C18H24N2O3. The number of β-amino-alcohol motifs (C(OH)–C–C–N with tert-alkyl or cyclic N) is 1. The predicted molar refractivity (Wildman–Crippen MR) is 87.0 cm³/mol. The lowest BCUT2D eigenvalue weighted by molar-refractivity contribution is -0.130. The van der Waals surface area contributed by atoms with Gasteiger partial charge >= 0.3 is 0 Å². The van der Waals surface area contributed by atoms with Crippen molar-refractivity contribution in [1.82, 2.24) is 10.2 Å². The van der Waals surface area contributed by atoms with E-state index in [0.29, 0.717) is 13.0 Å². The van der Waals surface area contributed by atoms with Crippen LogP contribution in [0.2, 0.25) is 0 Å². The van der Waals surface area contributed by atoms with E-state index in [4.69, 9.17) is 0 Å². The number of nitrogens with zero attached hydrogens (tertiary/aromatic N) is 1. The predicted octanol–water partition coefficient (Wildman–Crippen LogP) is 0.816. The first kappa shape index (κ1) is 16.0. The van der Waals surface area contributed by atoms with Crippen molar-refractivity contribution in [3.63, 3.8) is 0 Å². The van der Waals surface area contributed by atoms with Gasteiger partial charge in [-0.2, -0.15) is 0 Å². The van der Waals surface area contributed by atoms with Crippen LogP contribution in [0.25, 0.3) is 0 Å². The van der Waals surface area contributed by atoms with Gasteiger partial charge < -0.3 is 15.3 Å². The van der Waals surface area contributed by atoms with Crippen molar-refractivity contribution in [2.24, 2.45) is 0 Å². The number of fused-ring (bicyclic) bond motifs is 1. The summed E-state index contributed by atoms with van der Waals surface area (Å²) < 4.78 is 0. The Hall–Kier alpha value is -1.88. The maximum Gasteiger partial charge on any atom is 0.227 e. The van der Waals surface area contributed by atoms with Gasteiger partial charge in [0.15, 0.2) is 0 Å². The number of nitrogens with one attached hydrogen (secondary N) is 1. The van der Waals surface area contributed by atoms with Crippen molar-refractivity contribution < 1.29 is 14.7 Å². The van der Waals surface area contributed by atoms with Gasteiger partial charge in [-0.3, -0.25) is 9.59 Å². The molecule has 0 saturated carbocycles. The molecule has 0 unspecified atom stereocenters. The maximum atomic E-state index is 12.5. The van der Waals surface area contributed by atoms with Crippen molar-refractivity contribution in [1.29, 1.82) is 0 Å². The molecule has 5 heteroatoms. The van der Waals surface area contributed by atoms with Crippen LogP contribution in [0.1, 0.15) is 36.5 Å². The molecule has 0 spiro atoms. The molecule has 1 aromatic rings. The molecule has 2 aliphatic rings. The van der Waals surface area contributed by atoms with Gasteiger partial charge in [0, 0.05) is 20.0 Å². The highest BCUT2D eigenvalue weighted by atomic mass is 16.3. The molecule has 1 fully saturated rings. The second-order valence-electron chi connectivity index (χ2n) is 6.66. The minimum Gasteiger partial charge on any atom is -0.389 e. The van der Waals surface area contributed by atoms with Crippen molar-refractivity contribution in [2.75, 3.05) is 13.1 Å². The molecule has 5 nitrogen and oxygen atoms in total. The SMILES string of the molecule is CC(=O)N[C@@H]1CN(C(=O)Cc2ccc3c(c2)CCCC3)C[C@H]1O. The van der Waals surface area contributed by atoms with Gasteiger partial charge in [0.1, 0.15) is 0 Å². The number of aryl methyl sites for hydroxylation is 2. The standard InChI is InChI=1S/C18H24N2O3/c1-12(21)19-16-10-20(11-17(16)22)18(23)9-13-6-7-14-4-2-3-5-15(14)8-13/h6-8,16-17,22H,2-5,9-11H2,1H3,(H,19,21)/t16-,17-/m1/s1. The van der Waals surface area contributed by atoms with Crippen molar-refractivity contribution in [3.8, 4) is 0 Å². The van der Waals surface area contributed by atoms with Gasteiger partial charge in [0.2, 0.25) is 11.8 Å². The monoisotopic (exact) mass is 316 g/mol. The third-order valence-corrected chi connectivity index (χ3v) is 4.80. The van der Waals surface area contributed by atoms with Crippen LogP contribution < -0.4 is 5.32 Å². The molecular weight excluding hydrogens is 292 g/mol. The minimum absolute atomic E-state index is 0.00709. The van der Waals surface area contributed by atoms with E-state index in [1.165, 1.54) is 30.9 Å². The molecule has 2 amide bonds. The summed E-state index contributed by atoms with van der Waals surface area (Å²) in [5, 5.41) is 12.7. The summed E-state index contributed by atoms with van der Waals surface area (Å²) in [6, 6.07) is 5.99. The van der Waals surface area contributed by atoms with Gasteiger partial charge in [0.25, 0.3) is 0 Å². The topological polar surface area (TPSA) is 69.6 Å². The largest absolute Gasteiger partial charge is 0.389 e. The summed E-state index contributed by atoms with van der Waals surface area (Å²) >= 11 is 0. The molecule has 3 rings (SSSR count). The van der Waals surface area contributed by atoms with Crippen LogP contribution in [-0.4, -0.2) is 47.1 Å². The number of amides is 2. The Morgan fingerprint density at radius 1 is 1.22 bits per heavy atom. The molecule has 0 radical (unpaired) electrons. The van der Waals surface area contributed by atoms with Crippen molar-refractivity contribution >= 4 is 11.8 Å². The molecule has 0 bridgehead atoms. The number of hydrogen-bond donors (Lipinski definition) is 2. The Kier molecular flexibility index (Phi) is 4.66. The van der Waals surface area contributed by atoms with Crippen molar-refractivity contribution in [2.45, 2.75) is 51.2 Å². The number of hydrogen-bond acceptors (Lipinski definition) is 3. The van der Waals surface area contributed by atoms with E-state index < -0.39 is 6.10 Å². The number of benzene rings is 1. The average molecular weight is 316 g/mol. The molecule has 1 heterocycles. The summed E-state index contributed by atoms with van der Waals surface area (Å²) in [5.41, 5.74) is 3.82. The lowest BCUT2D eigenvalue weighted by Gasteiger charge is -2.19. The number of likely N-dealkylation sites (tertiary alicyclic amines) is 1. The Morgan fingerprint density at radius 3 is 2.70 bits per heavy atom. The molecule has 1 aromatic carbocycles. The first-order valence-electron chi connectivity index (χ1n) is 8.36. The van der Waals surface area contributed by atoms with Gasteiger partial charge in [-0.25, -0.2) is 0 Å². The van der Waals surface area contributed by atoms with Crippen molar-refractivity contribution in [3.05, 3.63) is 34.9 Å². The second-order valence-corrected chi connectivity index (χ2v) is 6.66. The quantitative estimate of drug-likeness (QED) is 0.867. The summed E-state index contributed by atoms with van der Waals surface area (Å²) in [4.78, 5) is 25.2. The molecule has 1 aliphatic carbocycles. The number of aliphatic hydroxyl groups is 1. The lowest BCUT2D eigenvalue weighted by Crippen LogP contribution is -2.42. The molecule has 1 aliphatic heterocycles. The number of carbonyl (C=O) groups is 2. The Labute approximate surface area is 136 Å². The van der Waals surface area contributed by atoms with Gasteiger partial charge in [-0.1, -0.05) is 18.2 Å². The minimum atomic E-state index is -0.689. The zero-order chi connectivity index (χ0) is 16.4. The third kappa shape index (κ3) is 3.72. The maximum absolute atomic E-state index is 12.5. The number of carbonyl (C=O) groups excluding carboxylic acids is 2. The van der Waals surface area contributed by atoms with Gasteiger partial charge in [0.05, 0.1) is 18.6 Å². The van der Waals surface area contributed by atoms with E-state index in [1.54, 1.807) is 4.90 Å². The molecule has 2 atom stereocenters. The van der Waals surface area contributed by atoms with Crippen LogP contribution in [0.5, 0.6) is 0 Å². The van der Waals surface area contributed by atoms with Crippen LogP contribution in [0.15, 0.2) is 18.2 Å². The zero-order valence-electron chi connectivity index (χ0n) is 13.5. The third-order valence-electron chi connectivity index (χ3n) is 4.80. The average Bonchev–Trinajstić information content (AvgIpc) is 2.87. The van der Waals surface area contributed by atoms with Crippen LogP contribution in [0.3, 0.4) is 0 Å². The molecule has 0 aromatic heterocycles. The van der Waals surface area contributed by atoms with E-state index in [0.717, 1.165) is 18.4 Å². The first-order valence-corrected chi connectivity index (χ1v) is 8.36. The fourth-order valence-corrected chi connectivity index (χ4v) is 3.58. The normalized spacial score (nSPS) is 23.5. The first-order chi connectivity index (χ1) is 11.0.